The Morgan fingerprint density at radius 3 is 2.32 bits per heavy atom. The highest BCUT2D eigenvalue weighted by molar-refractivity contribution is 6.30. The first kappa shape index (κ1) is 17.5. The normalized spacial score (nSPS) is 15.3. The molecule has 1 fully saturated rings. The van der Waals surface area contributed by atoms with E-state index in [-0.39, 0.29) is 0 Å². The summed E-state index contributed by atoms with van der Waals surface area (Å²) in [5, 5.41) is 0.668. The summed E-state index contributed by atoms with van der Waals surface area (Å²) in [5.41, 5.74) is 2.21. The topological polar surface area (TPSA) is 29.0 Å². The summed E-state index contributed by atoms with van der Waals surface area (Å²) in [6.45, 7) is 6.46. The molecule has 2 rings (SSSR count). The van der Waals surface area contributed by atoms with E-state index in [1.165, 1.54) is 57.8 Å². The highest BCUT2D eigenvalue weighted by Gasteiger charge is 2.17. The number of piperidine rings is 1. The second-order valence-corrected chi connectivity index (χ2v) is 6.80. The number of hydrogen-bond donors (Lipinski definition) is 0. The van der Waals surface area contributed by atoms with Gasteiger partial charge in [0.15, 0.2) is 0 Å². The van der Waals surface area contributed by atoms with Crippen molar-refractivity contribution in [2.24, 2.45) is 0 Å². The number of nitrogens with zero attached hydrogens (tertiary/aromatic N) is 3. The third-order valence-electron chi connectivity index (χ3n) is 4.57. The molecule has 0 radical (unpaired) electrons. The van der Waals surface area contributed by atoms with E-state index in [0.29, 0.717) is 5.15 Å². The fourth-order valence-corrected chi connectivity index (χ4v) is 3.46. The summed E-state index contributed by atoms with van der Waals surface area (Å²) >= 11 is 6.44. The van der Waals surface area contributed by atoms with Crippen molar-refractivity contribution < 1.29 is 0 Å². The maximum absolute atomic E-state index is 6.44. The van der Waals surface area contributed by atoms with Crippen LogP contribution in [-0.2, 0) is 6.42 Å². The zero-order valence-electron chi connectivity index (χ0n) is 14.2. The monoisotopic (exact) mass is 323 g/mol. The molecule has 4 heteroatoms. The fraction of sp³-hybridized carbons (Fsp3) is 0.778. The molecule has 22 heavy (non-hydrogen) atoms. The Morgan fingerprint density at radius 2 is 1.64 bits per heavy atom. The van der Waals surface area contributed by atoms with Crippen molar-refractivity contribution in [3.05, 3.63) is 16.4 Å². The minimum atomic E-state index is 0.668. The van der Waals surface area contributed by atoms with Crippen LogP contribution in [0.15, 0.2) is 0 Å². The molecule has 0 spiro atoms. The molecule has 1 saturated heterocycles. The minimum absolute atomic E-state index is 0.668. The van der Waals surface area contributed by atoms with E-state index in [9.17, 15) is 0 Å². The largest absolute Gasteiger partial charge is 0.341 e. The molecule has 3 nitrogen and oxygen atoms in total. The van der Waals surface area contributed by atoms with Gasteiger partial charge in [0.25, 0.3) is 0 Å². The smallest absolute Gasteiger partial charge is 0.226 e. The standard InChI is InChI=1S/C18H30ClN3/c1-3-4-5-6-7-9-12-16-15(2)20-18(21-17(16)19)22-13-10-8-11-14-22/h3-14H2,1-2H3. The summed E-state index contributed by atoms with van der Waals surface area (Å²) in [6.07, 6.45) is 12.6. The van der Waals surface area contributed by atoms with Crippen LogP contribution in [0.3, 0.4) is 0 Å². The van der Waals surface area contributed by atoms with Gasteiger partial charge in [-0.15, -0.1) is 0 Å². The third kappa shape index (κ3) is 5.12. The molecule has 1 aliphatic rings. The van der Waals surface area contributed by atoms with Gasteiger partial charge in [0.05, 0.1) is 0 Å². The molecular weight excluding hydrogens is 294 g/mol. The Bertz CT molecular complexity index is 433. The first-order valence-electron chi connectivity index (χ1n) is 9.00. The Labute approximate surface area is 140 Å². The molecule has 2 heterocycles. The van der Waals surface area contributed by atoms with E-state index in [2.05, 4.69) is 23.7 Å². The molecule has 0 aromatic carbocycles. The summed E-state index contributed by atoms with van der Waals surface area (Å²) < 4.78 is 0. The van der Waals surface area contributed by atoms with Crippen LogP contribution in [0.25, 0.3) is 0 Å². The highest BCUT2D eigenvalue weighted by atomic mass is 35.5. The molecule has 1 aromatic rings. The van der Waals surface area contributed by atoms with Crippen LogP contribution in [0.4, 0.5) is 5.95 Å². The Balaban J connectivity index is 1.89. The van der Waals surface area contributed by atoms with E-state index in [1.54, 1.807) is 0 Å². The Kier molecular flexibility index (Phi) is 7.44. The van der Waals surface area contributed by atoms with Gasteiger partial charge in [0, 0.05) is 24.3 Å². The highest BCUT2D eigenvalue weighted by Crippen LogP contribution is 2.24. The Hall–Kier alpha value is -0.830. The zero-order valence-corrected chi connectivity index (χ0v) is 15.0. The first-order chi connectivity index (χ1) is 10.7. The van der Waals surface area contributed by atoms with Crippen LogP contribution in [0.1, 0.15) is 76.0 Å². The van der Waals surface area contributed by atoms with Crippen molar-refractivity contribution in [3.8, 4) is 0 Å². The number of aromatic nitrogens is 2. The molecule has 0 bridgehead atoms. The van der Waals surface area contributed by atoms with Crippen molar-refractivity contribution in [1.29, 1.82) is 0 Å². The van der Waals surface area contributed by atoms with Crippen LogP contribution in [-0.4, -0.2) is 23.1 Å². The lowest BCUT2D eigenvalue weighted by Crippen LogP contribution is -2.31. The third-order valence-corrected chi connectivity index (χ3v) is 4.88. The average molecular weight is 324 g/mol. The SMILES string of the molecule is CCCCCCCCc1c(C)nc(N2CCCCC2)nc1Cl. The van der Waals surface area contributed by atoms with Gasteiger partial charge in [-0.3, -0.25) is 0 Å². The van der Waals surface area contributed by atoms with E-state index >= 15 is 0 Å². The predicted octanol–water partition coefficient (Wildman–Crippen LogP) is 5.33. The molecule has 124 valence electrons. The fourth-order valence-electron chi connectivity index (χ4n) is 3.15. The van der Waals surface area contributed by atoms with Gasteiger partial charge >= 0.3 is 0 Å². The lowest BCUT2D eigenvalue weighted by Gasteiger charge is -2.27. The number of unbranched alkanes of at least 4 members (excludes halogenated alkanes) is 5. The number of rotatable bonds is 8. The van der Waals surface area contributed by atoms with Gasteiger partial charge in [-0.1, -0.05) is 50.6 Å². The molecule has 0 saturated carbocycles. The molecule has 0 unspecified atom stereocenters. The van der Waals surface area contributed by atoms with Gasteiger partial charge < -0.3 is 4.90 Å². The molecule has 1 aliphatic heterocycles. The van der Waals surface area contributed by atoms with Crippen LogP contribution in [0.2, 0.25) is 5.15 Å². The van der Waals surface area contributed by atoms with Gasteiger partial charge in [0.2, 0.25) is 5.95 Å². The molecule has 1 aromatic heterocycles. The Morgan fingerprint density at radius 1 is 0.955 bits per heavy atom. The van der Waals surface area contributed by atoms with Crippen LogP contribution in [0.5, 0.6) is 0 Å². The van der Waals surface area contributed by atoms with E-state index in [1.807, 2.05) is 0 Å². The van der Waals surface area contributed by atoms with Crippen molar-refractivity contribution in [1.82, 2.24) is 9.97 Å². The molecule has 0 aliphatic carbocycles. The second-order valence-electron chi connectivity index (χ2n) is 6.44. The number of aryl methyl sites for hydroxylation is 1. The quantitative estimate of drug-likeness (QED) is 0.478. The lowest BCUT2D eigenvalue weighted by molar-refractivity contribution is 0.566. The predicted molar refractivity (Wildman–Crippen MR) is 94.9 cm³/mol. The van der Waals surface area contributed by atoms with Crippen molar-refractivity contribution in [3.63, 3.8) is 0 Å². The molecule has 0 N–H and O–H groups in total. The molecular formula is C18H30ClN3. The summed E-state index contributed by atoms with van der Waals surface area (Å²) in [7, 11) is 0. The van der Waals surface area contributed by atoms with Gasteiger partial charge in [0.1, 0.15) is 5.15 Å². The van der Waals surface area contributed by atoms with Crippen molar-refractivity contribution in [2.45, 2.75) is 78.1 Å². The van der Waals surface area contributed by atoms with E-state index < -0.39 is 0 Å². The van der Waals surface area contributed by atoms with Crippen molar-refractivity contribution in [2.75, 3.05) is 18.0 Å². The molecule has 0 atom stereocenters. The number of anilines is 1. The van der Waals surface area contributed by atoms with Gasteiger partial charge in [-0.2, -0.15) is 0 Å². The maximum atomic E-state index is 6.44. The van der Waals surface area contributed by atoms with Crippen molar-refractivity contribution >= 4 is 17.5 Å². The van der Waals surface area contributed by atoms with Gasteiger partial charge in [-0.25, -0.2) is 9.97 Å². The minimum Gasteiger partial charge on any atom is -0.341 e. The van der Waals surface area contributed by atoms with Crippen LogP contribution >= 0.6 is 11.6 Å². The van der Waals surface area contributed by atoms with Crippen LogP contribution in [0, 0.1) is 6.92 Å². The lowest BCUT2D eigenvalue weighted by atomic mass is 10.1. The van der Waals surface area contributed by atoms with E-state index in [4.69, 9.17) is 16.6 Å². The summed E-state index contributed by atoms with van der Waals surface area (Å²) in [6, 6.07) is 0. The summed E-state index contributed by atoms with van der Waals surface area (Å²) in [4.78, 5) is 11.6. The second kappa shape index (κ2) is 9.34. The number of halogens is 1. The van der Waals surface area contributed by atoms with E-state index in [0.717, 1.165) is 36.7 Å². The summed E-state index contributed by atoms with van der Waals surface area (Å²) in [5.74, 6) is 0.828. The number of hydrogen-bond acceptors (Lipinski definition) is 3. The molecule has 0 amide bonds. The van der Waals surface area contributed by atoms with Crippen LogP contribution < -0.4 is 4.90 Å². The average Bonchev–Trinajstić information content (AvgIpc) is 2.53. The first-order valence-corrected chi connectivity index (χ1v) is 9.38. The zero-order chi connectivity index (χ0) is 15.8. The maximum Gasteiger partial charge on any atom is 0.226 e. The van der Waals surface area contributed by atoms with Gasteiger partial charge in [-0.05, 0) is 39.0 Å².